The number of aryl methyl sites for hydroxylation is 1. The molecule has 1 aliphatic rings. The molecule has 98 valence electrons. The number of benzene rings is 2. The molecule has 1 aliphatic heterocycles. The number of hydrogen-bond acceptors (Lipinski definition) is 1. The standard InChI is InChI=1S/C17H17BrO/c1-12-2-4-13(5-3-12)10-16(18)14-6-7-17-15(11-14)8-9-19-17/h2-7,11,16H,8-10H2,1H3. The van der Waals surface area contributed by atoms with E-state index in [0.29, 0.717) is 4.83 Å². The third kappa shape index (κ3) is 2.84. The number of rotatable bonds is 3. The van der Waals surface area contributed by atoms with Crippen molar-refractivity contribution in [3.05, 3.63) is 64.7 Å². The fourth-order valence-corrected chi connectivity index (χ4v) is 3.11. The van der Waals surface area contributed by atoms with Crippen molar-refractivity contribution in [1.29, 1.82) is 0 Å². The van der Waals surface area contributed by atoms with Crippen LogP contribution in [-0.4, -0.2) is 6.61 Å². The van der Waals surface area contributed by atoms with Crippen molar-refractivity contribution in [2.24, 2.45) is 0 Å². The Morgan fingerprint density at radius 3 is 2.74 bits per heavy atom. The molecule has 2 aromatic carbocycles. The highest BCUT2D eigenvalue weighted by atomic mass is 79.9. The van der Waals surface area contributed by atoms with Crippen LogP contribution in [0.2, 0.25) is 0 Å². The van der Waals surface area contributed by atoms with Crippen molar-refractivity contribution in [1.82, 2.24) is 0 Å². The average molecular weight is 317 g/mol. The maximum Gasteiger partial charge on any atom is 0.122 e. The van der Waals surface area contributed by atoms with Gasteiger partial charge in [0.1, 0.15) is 5.75 Å². The van der Waals surface area contributed by atoms with Crippen molar-refractivity contribution in [2.75, 3.05) is 6.61 Å². The summed E-state index contributed by atoms with van der Waals surface area (Å²) in [5.74, 6) is 1.05. The van der Waals surface area contributed by atoms with E-state index in [9.17, 15) is 0 Å². The van der Waals surface area contributed by atoms with Gasteiger partial charge in [-0.05, 0) is 36.1 Å². The van der Waals surface area contributed by atoms with Gasteiger partial charge in [-0.15, -0.1) is 0 Å². The molecule has 1 nitrogen and oxygen atoms in total. The van der Waals surface area contributed by atoms with E-state index in [2.05, 4.69) is 65.3 Å². The summed E-state index contributed by atoms with van der Waals surface area (Å²) in [7, 11) is 0. The molecule has 2 aromatic rings. The molecule has 1 unspecified atom stereocenters. The first-order valence-electron chi connectivity index (χ1n) is 6.67. The fourth-order valence-electron chi connectivity index (χ4n) is 2.45. The highest BCUT2D eigenvalue weighted by Gasteiger charge is 2.15. The van der Waals surface area contributed by atoms with Gasteiger partial charge >= 0.3 is 0 Å². The second-order valence-corrected chi connectivity index (χ2v) is 6.23. The Balaban J connectivity index is 1.76. The number of ether oxygens (including phenoxy) is 1. The molecule has 0 aliphatic carbocycles. The lowest BCUT2D eigenvalue weighted by atomic mass is 10.0. The average Bonchev–Trinajstić information content (AvgIpc) is 2.88. The van der Waals surface area contributed by atoms with Gasteiger partial charge in [0.2, 0.25) is 0 Å². The van der Waals surface area contributed by atoms with Crippen molar-refractivity contribution in [3.63, 3.8) is 0 Å². The van der Waals surface area contributed by atoms with Gasteiger partial charge in [0.15, 0.2) is 0 Å². The molecular weight excluding hydrogens is 300 g/mol. The van der Waals surface area contributed by atoms with Crippen LogP contribution < -0.4 is 4.74 Å². The van der Waals surface area contributed by atoms with Gasteiger partial charge in [0, 0.05) is 11.2 Å². The Morgan fingerprint density at radius 1 is 1.16 bits per heavy atom. The minimum atomic E-state index is 0.362. The maximum atomic E-state index is 5.55. The molecule has 2 heteroatoms. The summed E-state index contributed by atoms with van der Waals surface area (Å²) in [5.41, 5.74) is 5.35. The zero-order valence-electron chi connectivity index (χ0n) is 11.0. The monoisotopic (exact) mass is 316 g/mol. The molecule has 1 atom stereocenters. The Kier molecular flexibility index (Phi) is 3.61. The number of halogens is 1. The van der Waals surface area contributed by atoms with Crippen molar-refractivity contribution in [3.8, 4) is 5.75 Å². The molecule has 0 aromatic heterocycles. The summed E-state index contributed by atoms with van der Waals surface area (Å²) in [6.07, 6.45) is 2.05. The predicted molar refractivity (Wildman–Crippen MR) is 82.2 cm³/mol. The molecule has 0 fully saturated rings. The van der Waals surface area contributed by atoms with Crippen molar-refractivity contribution in [2.45, 2.75) is 24.6 Å². The van der Waals surface area contributed by atoms with E-state index in [1.807, 2.05) is 0 Å². The smallest absolute Gasteiger partial charge is 0.122 e. The second-order valence-electron chi connectivity index (χ2n) is 5.12. The normalized spacial score (nSPS) is 14.8. The van der Waals surface area contributed by atoms with E-state index >= 15 is 0 Å². The molecule has 0 radical (unpaired) electrons. The first-order valence-corrected chi connectivity index (χ1v) is 7.59. The molecule has 0 N–H and O–H groups in total. The van der Waals surface area contributed by atoms with Crippen LogP contribution >= 0.6 is 15.9 Å². The minimum Gasteiger partial charge on any atom is -0.493 e. The third-order valence-electron chi connectivity index (χ3n) is 3.61. The summed E-state index contributed by atoms with van der Waals surface area (Å²) in [4.78, 5) is 0.362. The SMILES string of the molecule is Cc1ccc(CC(Br)c2ccc3c(c2)CCO3)cc1. The zero-order valence-corrected chi connectivity index (χ0v) is 12.6. The van der Waals surface area contributed by atoms with Crippen LogP contribution in [0.15, 0.2) is 42.5 Å². The number of alkyl halides is 1. The first-order chi connectivity index (χ1) is 9.22. The van der Waals surface area contributed by atoms with Gasteiger partial charge in [-0.1, -0.05) is 57.9 Å². The summed E-state index contributed by atoms with van der Waals surface area (Å²) in [5, 5.41) is 0. The van der Waals surface area contributed by atoms with E-state index in [1.165, 1.54) is 22.3 Å². The van der Waals surface area contributed by atoms with E-state index in [4.69, 9.17) is 4.74 Å². The number of hydrogen-bond donors (Lipinski definition) is 0. The molecule has 0 bridgehead atoms. The first kappa shape index (κ1) is 12.7. The lowest BCUT2D eigenvalue weighted by Crippen LogP contribution is -1.96. The molecule has 19 heavy (non-hydrogen) atoms. The predicted octanol–water partition coefficient (Wildman–Crippen LogP) is 4.61. The molecular formula is C17H17BrO. The van der Waals surface area contributed by atoms with E-state index < -0.39 is 0 Å². The van der Waals surface area contributed by atoms with Crippen molar-refractivity contribution < 1.29 is 4.74 Å². The summed E-state index contributed by atoms with van der Waals surface area (Å²) < 4.78 is 5.55. The molecule has 0 saturated carbocycles. The van der Waals surface area contributed by atoms with Crippen LogP contribution in [0.1, 0.15) is 27.1 Å². The van der Waals surface area contributed by atoms with Gasteiger partial charge in [-0.2, -0.15) is 0 Å². The minimum absolute atomic E-state index is 0.362. The second kappa shape index (κ2) is 5.38. The fraction of sp³-hybridized carbons (Fsp3) is 0.294. The van der Waals surface area contributed by atoms with Crippen LogP contribution in [0.5, 0.6) is 5.75 Å². The molecule has 3 rings (SSSR count). The molecule has 1 heterocycles. The lowest BCUT2D eigenvalue weighted by Gasteiger charge is -2.12. The largest absolute Gasteiger partial charge is 0.493 e. The van der Waals surface area contributed by atoms with Crippen LogP contribution in [0, 0.1) is 6.92 Å². The Labute approximate surface area is 122 Å². The van der Waals surface area contributed by atoms with Crippen LogP contribution in [0.3, 0.4) is 0 Å². The third-order valence-corrected chi connectivity index (χ3v) is 4.46. The topological polar surface area (TPSA) is 9.23 Å². The van der Waals surface area contributed by atoms with Crippen molar-refractivity contribution >= 4 is 15.9 Å². The van der Waals surface area contributed by atoms with E-state index in [1.54, 1.807) is 0 Å². The summed E-state index contributed by atoms with van der Waals surface area (Å²) in [6.45, 7) is 2.94. The Hall–Kier alpha value is -1.28. The number of fused-ring (bicyclic) bond motifs is 1. The maximum absolute atomic E-state index is 5.55. The zero-order chi connectivity index (χ0) is 13.2. The molecule has 0 spiro atoms. The van der Waals surface area contributed by atoms with Gasteiger partial charge in [0.25, 0.3) is 0 Å². The van der Waals surface area contributed by atoms with E-state index in [0.717, 1.165) is 25.2 Å². The molecule has 0 amide bonds. The van der Waals surface area contributed by atoms with Gasteiger partial charge in [0.05, 0.1) is 6.61 Å². The van der Waals surface area contributed by atoms with Crippen LogP contribution in [0.25, 0.3) is 0 Å². The Bertz CT molecular complexity index is 574. The van der Waals surface area contributed by atoms with Gasteiger partial charge in [-0.25, -0.2) is 0 Å². The summed E-state index contributed by atoms with van der Waals surface area (Å²) >= 11 is 3.81. The molecule has 0 saturated heterocycles. The Morgan fingerprint density at radius 2 is 1.95 bits per heavy atom. The summed E-state index contributed by atoms with van der Waals surface area (Å²) in [6, 6.07) is 15.3. The highest BCUT2D eigenvalue weighted by molar-refractivity contribution is 9.09. The van der Waals surface area contributed by atoms with Gasteiger partial charge < -0.3 is 4.74 Å². The van der Waals surface area contributed by atoms with Crippen LogP contribution in [0.4, 0.5) is 0 Å². The van der Waals surface area contributed by atoms with Gasteiger partial charge in [-0.3, -0.25) is 0 Å². The van der Waals surface area contributed by atoms with E-state index in [-0.39, 0.29) is 0 Å². The quantitative estimate of drug-likeness (QED) is 0.751. The van der Waals surface area contributed by atoms with Crippen LogP contribution in [-0.2, 0) is 12.8 Å². The highest BCUT2D eigenvalue weighted by Crippen LogP contribution is 2.33. The lowest BCUT2D eigenvalue weighted by molar-refractivity contribution is 0.357.